The van der Waals surface area contributed by atoms with Crippen molar-refractivity contribution in [1.29, 1.82) is 0 Å². The number of hydrogen-bond donors (Lipinski definition) is 1. The van der Waals surface area contributed by atoms with E-state index in [1.54, 1.807) is 29.1 Å². The predicted octanol–water partition coefficient (Wildman–Crippen LogP) is 3.29. The summed E-state index contributed by atoms with van der Waals surface area (Å²) in [7, 11) is 1.85. The lowest BCUT2D eigenvalue weighted by Crippen LogP contribution is -2.29. The molecule has 0 radical (unpaired) electrons. The van der Waals surface area contributed by atoms with Gasteiger partial charge in [0.25, 0.3) is 5.89 Å². The fourth-order valence-corrected chi connectivity index (χ4v) is 3.71. The van der Waals surface area contributed by atoms with Crippen molar-refractivity contribution >= 4 is 5.97 Å². The molecule has 0 bridgehead atoms. The Morgan fingerprint density at radius 3 is 3.00 bits per heavy atom. The number of benzene rings is 1. The molecule has 28 heavy (non-hydrogen) atoms. The van der Waals surface area contributed by atoms with Crippen LogP contribution < -0.4 is 0 Å². The van der Waals surface area contributed by atoms with Crippen LogP contribution in [0.4, 0.5) is 0 Å². The normalized spacial score (nSPS) is 18.1. The molecule has 1 aromatic carbocycles. The van der Waals surface area contributed by atoms with Crippen molar-refractivity contribution < 1.29 is 14.4 Å². The quantitative estimate of drug-likeness (QED) is 0.724. The highest BCUT2D eigenvalue weighted by Gasteiger charge is 2.27. The summed E-state index contributed by atoms with van der Waals surface area (Å²) >= 11 is 0. The van der Waals surface area contributed by atoms with Gasteiger partial charge in [-0.15, -0.1) is 0 Å². The minimum Gasteiger partial charge on any atom is -0.478 e. The molecule has 0 aliphatic carbocycles. The van der Waals surface area contributed by atoms with Crippen molar-refractivity contribution in [3.8, 4) is 11.5 Å². The maximum absolute atomic E-state index is 11.3. The standard InChI is InChI=1S/C20H23N5O3/c1-24-13-16(11-21-24)19-22-18(23-28-19)17-8-3-2-4-9-25(17)12-14-6-5-7-15(10-14)20(26)27/h5-7,10-11,13,17H,2-4,8-9,12H2,1H3,(H,26,27). The summed E-state index contributed by atoms with van der Waals surface area (Å²) in [6.45, 7) is 1.57. The maximum Gasteiger partial charge on any atom is 0.335 e. The van der Waals surface area contributed by atoms with E-state index in [1.807, 2.05) is 19.3 Å². The zero-order chi connectivity index (χ0) is 19.5. The maximum atomic E-state index is 11.3. The number of rotatable bonds is 5. The topological polar surface area (TPSA) is 97.3 Å². The minimum absolute atomic E-state index is 0.0464. The zero-order valence-electron chi connectivity index (χ0n) is 15.8. The Hall–Kier alpha value is -3.00. The highest BCUT2D eigenvalue weighted by molar-refractivity contribution is 5.87. The van der Waals surface area contributed by atoms with Crippen LogP contribution in [0.15, 0.2) is 41.2 Å². The van der Waals surface area contributed by atoms with Crippen LogP contribution in [-0.4, -0.2) is 42.4 Å². The van der Waals surface area contributed by atoms with E-state index in [1.165, 1.54) is 0 Å². The number of carboxylic acid groups (broad SMARTS) is 1. The lowest BCUT2D eigenvalue weighted by Gasteiger charge is -2.27. The SMILES string of the molecule is Cn1cc(-c2nc(C3CCCCCN3Cc3cccc(C(=O)O)c3)no2)cn1. The number of nitrogens with zero attached hydrogens (tertiary/aromatic N) is 5. The van der Waals surface area contributed by atoms with Crippen LogP contribution in [-0.2, 0) is 13.6 Å². The number of likely N-dealkylation sites (tertiary alicyclic amines) is 1. The van der Waals surface area contributed by atoms with Crippen LogP contribution in [0.25, 0.3) is 11.5 Å². The summed E-state index contributed by atoms with van der Waals surface area (Å²) < 4.78 is 7.19. The van der Waals surface area contributed by atoms with Crippen molar-refractivity contribution in [2.24, 2.45) is 7.05 Å². The van der Waals surface area contributed by atoms with Crippen LogP contribution in [0, 0.1) is 0 Å². The summed E-state index contributed by atoms with van der Waals surface area (Å²) in [4.78, 5) is 18.2. The minimum atomic E-state index is -0.909. The third-order valence-corrected chi connectivity index (χ3v) is 5.11. The van der Waals surface area contributed by atoms with E-state index < -0.39 is 5.97 Å². The van der Waals surface area contributed by atoms with E-state index in [9.17, 15) is 9.90 Å². The molecule has 0 saturated carbocycles. The molecule has 4 rings (SSSR count). The van der Waals surface area contributed by atoms with Gasteiger partial charge in [-0.1, -0.05) is 30.1 Å². The van der Waals surface area contributed by atoms with Gasteiger partial charge in [0.1, 0.15) is 0 Å². The number of aromatic nitrogens is 4. The third kappa shape index (κ3) is 3.96. The Morgan fingerprint density at radius 1 is 1.32 bits per heavy atom. The van der Waals surface area contributed by atoms with E-state index in [-0.39, 0.29) is 6.04 Å². The van der Waals surface area contributed by atoms with Gasteiger partial charge in [-0.05, 0) is 37.1 Å². The second kappa shape index (κ2) is 7.93. The first-order valence-corrected chi connectivity index (χ1v) is 9.49. The number of aromatic carboxylic acids is 1. The van der Waals surface area contributed by atoms with Gasteiger partial charge in [0, 0.05) is 19.8 Å². The molecule has 0 amide bonds. The van der Waals surface area contributed by atoms with Crippen LogP contribution in [0.2, 0.25) is 0 Å². The molecule has 1 unspecified atom stereocenters. The number of carbonyl (C=O) groups is 1. The van der Waals surface area contributed by atoms with Crippen LogP contribution in [0.3, 0.4) is 0 Å². The average Bonchev–Trinajstić information content (AvgIpc) is 3.27. The Balaban J connectivity index is 1.58. The van der Waals surface area contributed by atoms with Gasteiger partial charge in [0.15, 0.2) is 5.82 Å². The van der Waals surface area contributed by atoms with Crippen molar-refractivity contribution in [3.05, 3.63) is 53.6 Å². The van der Waals surface area contributed by atoms with Gasteiger partial charge in [0.2, 0.25) is 0 Å². The molecular formula is C20H23N5O3. The van der Waals surface area contributed by atoms with Crippen LogP contribution in [0.5, 0.6) is 0 Å². The van der Waals surface area contributed by atoms with E-state index in [0.717, 1.165) is 43.4 Å². The average molecular weight is 381 g/mol. The molecule has 146 valence electrons. The van der Waals surface area contributed by atoms with Crippen LogP contribution in [0.1, 0.15) is 53.5 Å². The highest BCUT2D eigenvalue weighted by Crippen LogP contribution is 2.31. The predicted molar refractivity (Wildman–Crippen MR) is 102 cm³/mol. The zero-order valence-corrected chi connectivity index (χ0v) is 15.8. The van der Waals surface area contributed by atoms with Crippen molar-refractivity contribution in [1.82, 2.24) is 24.8 Å². The molecule has 2 aromatic heterocycles. The van der Waals surface area contributed by atoms with Crippen molar-refractivity contribution in [3.63, 3.8) is 0 Å². The first-order chi connectivity index (χ1) is 13.6. The fourth-order valence-electron chi connectivity index (χ4n) is 3.71. The molecule has 1 fully saturated rings. The van der Waals surface area contributed by atoms with Crippen LogP contribution >= 0.6 is 0 Å². The Bertz CT molecular complexity index is 964. The molecule has 3 aromatic rings. The molecule has 8 heteroatoms. The van der Waals surface area contributed by atoms with E-state index in [2.05, 4.69) is 20.1 Å². The Morgan fingerprint density at radius 2 is 2.21 bits per heavy atom. The van der Waals surface area contributed by atoms with E-state index >= 15 is 0 Å². The summed E-state index contributed by atoms with van der Waals surface area (Å²) in [6, 6.07) is 7.16. The van der Waals surface area contributed by atoms with Gasteiger partial charge in [-0.3, -0.25) is 9.58 Å². The van der Waals surface area contributed by atoms with Gasteiger partial charge in [-0.25, -0.2) is 4.79 Å². The monoisotopic (exact) mass is 381 g/mol. The van der Waals surface area contributed by atoms with E-state index in [4.69, 9.17) is 4.52 Å². The lowest BCUT2D eigenvalue weighted by molar-refractivity contribution is 0.0696. The molecule has 1 aliphatic heterocycles. The largest absolute Gasteiger partial charge is 0.478 e. The smallest absolute Gasteiger partial charge is 0.335 e. The third-order valence-electron chi connectivity index (χ3n) is 5.11. The Kier molecular flexibility index (Phi) is 5.21. The number of hydrogen-bond acceptors (Lipinski definition) is 6. The van der Waals surface area contributed by atoms with Crippen molar-refractivity contribution in [2.75, 3.05) is 6.54 Å². The molecule has 1 N–H and O–H groups in total. The van der Waals surface area contributed by atoms with Gasteiger partial charge >= 0.3 is 5.97 Å². The van der Waals surface area contributed by atoms with Gasteiger partial charge in [0.05, 0.1) is 23.4 Å². The van der Waals surface area contributed by atoms with Gasteiger partial charge in [-0.2, -0.15) is 10.1 Å². The second-order valence-electron chi connectivity index (χ2n) is 7.20. The molecule has 8 nitrogen and oxygen atoms in total. The summed E-state index contributed by atoms with van der Waals surface area (Å²) in [5.41, 5.74) is 2.08. The Labute approximate surface area is 162 Å². The highest BCUT2D eigenvalue weighted by atomic mass is 16.5. The molecule has 1 atom stereocenters. The molecule has 1 aliphatic rings. The second-order valence-corrected chi connectivity index (χ2v) is 7.20. The first kappa shape index (κ1) is 18.4. The number of carboxylic acids is 1. The van der Waals surface area contributed by atoms with Crippen molar-refractivity contribution in [2.45, 2.75) is 38.3 Å². The summed E-state index contributed by atoms with van der Waals surface area (Å²) in [5.74, 6) is 0.240. The lowest BCUT2D eigenvalue weighted by atomic mass is 10.1. The first-order valence-electron chi connectivity index (χ1n) is 9.49. The molecule has 0 spiro atoms. The van der Waals surface area contributed by atoms with E-state index in [0.29, 0.717) is 23.8 Å². The molecular weight excluding hydrogens is 358 g/mol. The van der Waals surface area contributed by atoms with Gasteiger partial charge < -0.3 is 9.63 Å². The number of aryl methyl sites for hydroxylation is 1. The summed E-state index contributed by atoms with van der Waals surface area (Å²) in [6.07, 6.45) is 7.87. The summed E-state index contributed by atoms with van der Waals surface area (Å²) in [5, 5.41) is 17.6. The molecule has 1 saturated heterocycles. The fraction of sp³-hybridized carbons (Fsp3) is 0.400. The molecule has 3 heterocycles.